The molecule has 1 aromatic heterocycles. The van der Waals surface area contributed by atoms with Gasteiger partial charge in [0.2, 0.25) is 0 Å². The van der Waals surface area contributed by atoms with Crippen LogP contribution in [0.4, 0.5) is 19.0 Å². The van der Waals surface area contributed by atoms with Crippen molar-refractivity contribution in [3.8, 4) is 0 Å². The van der Waals surface area contributed by atoms with Crippen LogP contribution in [0.5, 0.6) is 0 Å². The molecule has 1 aromatic rings. The van der Waals surface area contributed by atoms with Gasteiger partial charge in [0.15, 0.2) is 5.69 Å². The van der Waals surface area contributed by atoms with Gasteiger partial charge in [0.05, 0.1) is 12.4 Å². The Morgan fingerprint density at radius 2 is 1.85 bits per heavy atom. The molecule has 0 unspecified atom stereocenters. The number of rotatable bonds is 3. The van der Waals surface area contributed by atoms with Gasteiger partial charge in [0.25, 0.3) is 0 Å². The lowest BCUT2D eigenvalue weighted by molar-refractivity contribution is -0.171. The molecule has 2 N–H and O–H groups in total. The first kappa shape index (κ1) is 12.4. The smallest absolute Gasteiger partial charge is 0.363 e. The topological polar surface area (TPSA) is 49.8 Å². The van der Waals surface area contributed by atoms with Crippen molar-refractivity contribution in [3.05, 3.63) is 18.1 Å². The fraction of sp³-hybridized carbons (Fsp3) is 0.692. The average Bonchev–Trinajstić information content (AvgIpc) is 2.21. The third kappa shape index (κ3) is 1.65. The highest BCUT2D eigenvalue weighted by Crippen LogP contribution is 2.72. The molecule has 0 radical (unpaired) electrons. The normalized spacial score (nSPS) is 35.8. The lowest BCUT2D eigenvalue weighted by Gasteiger charge is -2.74. The largest absolute Gasteiger partial charge is 0.434 e. The van der Waals surface area contributed by atoms with Crippen molar-refractivity contribution < 1.29 is 13.2 Å². The van der Waals surface area contributed by atoms with Gasteiger partial charge in [-0.1, -0.05) is 0 Å². The van der Waals surface area contributed by atoms with Crippen LogP contribution < -0.4 is 10.6 Å². The molecule has 7 heteroatoms. The van der Waals surface area contributed by atoms with Gasteiger partial charge in [-0.05, 0) is 43.7 Å². The molecule has 0 aromatic carbocycles. The summed E-state index contributed by atoms with van der Waals surface area (Å²) in [5, 5.41) is 6.56. The van der Waals surface area contributed by atoms with E-state index >= 15 is 0 Å². The van der Waals surface area contributed by atoms with Crippen molar-refractivity contribution >= 4 is 5.82 Å². The molecule has 108 valence electrons. The van der Waals surface area contributed by atoms with Crippen molar-refractivity contribution in [1.29, 1.82) is 0 Å². The first-order valence-corrected chi connectivity index (χ1v) is 6.79. The standard InChI is InChI=1S/C13H15F3N4/c14-13(15,16)9-3-19-10(4-18-9)20-12-5-11(6-12,7-12)8-1-17-2-8/h3-4,8,17H,1-2,5-7H2,(H,19,20). The molecule has 1 aliphatic heterocycles. The van der Waals surface area contributed by atoms with Gasteiger partial charge >= 0.3 is 6.18 Å². The molecule has 0 atom stereocenters. The van der Waals surface area contributed by atoms with E-state index in [0.717, 1.165) is 44.5 Å². The molecular weight excluding hydrogens is 269 g/mol. The van der Waals surface area contributed by atoms with Crippen molar-refractivity contribution in [2.75, 3.05) is 18.4 Å². The highest BCUT2D eigenvalue weighted by Gasteiger charge is 2.71. The second-order valence-electron chi connectivity index (χ2n) is 6.44. The fourth-order valence-electron chi connectivity index (χ4n) is 3.96. The molecule has 4 fully saturated rings. The number of anilines is 1. The summed E-state index contributed by atoms with van der Waals surface area (Å²) < 4.78 is 37.2. The quantitative estimate of drug-likeness (QED) is 0.892. The number of halogens is 3. The number of nitrogens with one attached hydrogen (secondary N) is 2. The molecule has 2 heterocycles. The Labute approximate surface area is 114 Å². The summed E-state index contributed by atoms with van der Waals surface area (Å²) in [5.41, 5.74) is -0.403. The van der Waals surface area contributed by atoms with E-state index in [0.29, 0.717) is 11.2 Å². The highest BCUT2D eigenvalue weighted by atomic mass is 19.4. The molecule has 2 bridgehead atoms. The Bertz CT molecular complexity index is 516. The lowest BCUT2D eigenvalue weighted by Crippen LogP contribution is -2.76. The zero-order valence-electron chi connectivity index (χ0n) is 10.8. The summed E-state index contributed by atoms with van der Waals surface area (Å²) in [6.45, 7) is 2.21. The highest BCUT2D eigenvalue weighted by molar-refractivity contribution is 5.43. The molecule has 4 nitrogen and oxygen atoms in total. The van der Waals surface area contributed by atoms with Crippen LogP contribution in [0.3, 0.4) is 0 Å². The molecule has 3 aliphatic carbocycles. The summed E-state index contributed by atoms with van der Waals surface area (Å²) in [6.07, 6.45) is 0.864. The predicted molar refractivity (Wildman–Crippen MR) is 66.0 cm³/mol. The van der Waals surface area contributed by atoms with E-state index in [1.165, 1.54) is 6.20 Å². The van der Waals surface area contributed by atoms with E-state index < -0.39 is 11.9 Å². The first-order chi connectivity index (χ1) is 9.41. The van der Waals surface area contributed by atoms with E-state index in [1.807, 2.05) is 0 Å². The van der Waals surface area contributed by atoms with E-state index in [1.54, 1.807) is 0 Å². The van der Waals surface area contributed by atoms with E-state index in [2.05, 4.69) is 20.6 Å². The Kier molecular flexibility index (Phi) is 2.25. The van der Waals surface area contributed by atoms with Crippen LogP contribution >= 0.6 is 0 Å². The van der Waals surface area contributed by atoms with Crippen LogP contribution in [-0.2, 0) is 6.18 Å². The fourth-order valence-corrected chi connectivity index (χ4v) is 3.96. The van der Waals surface area contributed by atoms with Crippen LogP contribution in [0, 0.1) is 11.3 Å². The summed E-state index contributed by atoms with van der Waals surface area (Å²) in [6, 6.07) is 0. The minimum absolute atomic E-state index is 0.0595. The predicted octanol–water partition coefficient (Wildman–Crippen LogP) is 2.05. The van der Waals surface area contributed by atoms with Gasteiger partial charge < -0.3 is 10.6 Å². The van der Waals surface area contributed by atoms with Crippen LogP contribution in [0.1, 0.15) is 25.0 Å². The van der Waals surface area contributed by atoms with Gasteiger partial charge in [-0.3, -0.25) is 0 Å². The van der Waals surface area contributed by atoms with Crippen molar-refractivity contribution in [2.45, 2.75) is 31.0 Å². The summed E-state index contributed by atoms with van der Waals surface area (Å²) >= 11 is 0. The molecular formula is C13H15F3N4. The van der Waals surface area contributed by atoms with Crippen LogP contribution in [-0.4, -0.2) is 28.6 Å². The van der Waals surface area contributed by atoms with Crippen molar-refractivity contribution in [1.82, 2.24) is 15.3 Å². The molecule has 4 aliphatic rings. The Balaban J connectivity index is 1.39. The van der Waals surface area contributed by atoms with Crippen LogP contribution in [0.15, 0.2) is 12.4 Å². The average molecular weight is 284 g/mol. The zero-order chi connectivity index (χ0) is 14.0. The van der Waals surface area contributed by atoms with Crippen molar-refractivity contribution in [2.24, 2.45) is 11.3 Å². The molecule has 20 heavy (non-hydrogen) atoms. The SMILES string of the molecule is FC(F)(F)c1cnc(NC23CC(C4CNC4)(C2)C3)cn1. The molecule has 0 amide bonds. The second-order valence-corrected chi connectivity index (χ2v) is 6.44. The van der Waals surface area contributed by atoms with Crippen LogP contribution in [0.2, 0.25) is 0 Å². The first-order valence-electron chi connectivity index (χ1n) is 6.79. The maximum atomic E-state index is 12.4. The number of alkyl halides is 3. The maximum Gasteiger partial charge on any atom is 0.434 e. The third-order valence-corrected chi connectivity index (χ3v) is 5.05. The molecule has 3 saturated carbocycles. The van der Waals surface area contributed by atoms with Gasteiger partial charge in [-0.25, -0.2) is 9.97 Å². The molecule has 5 rings (SSSR count). The zero-order valence-corrected chi connectivity index (χ0v) is 10.8. The number of hydrogen-bond acceptors (Lipinski definition) is 4. The minimum atomic E-state index is -4.43. The van der Waals surface area contributed by atoms with Gasteiger partial charge in [-0.15, -0.1) is 0 Å². The molecule has 1 saturated heterocycles. The van der Waals surface area contributed by atoms with Crippen LogP contribution in [0.25, 0.3) is 0 Å². The number of nitrogens with zero attached hydrogens (tertiary/aromatic N) is 2. The Hall–Kier alpha value is -1.37. The Morgan fingerprint density at radius 1 is 1.15 bits per heavy atom. The number of aromatic nitrogens is 2. The minimum Gasteiger partial charge on any atom is -0.363 e. The summed E-state index contributed by atoms with van der Waals surface area (Å²) in [7, 11) is 0. The number of hydrogen-bond donors (Lipinski definition) is 2. The van der Waals surface area contributed by atoms with Crippen molar-refractivity contribution in [3.63, 3.8) is 0 Å². The van der Waals surface area contributed by atoms with E-state index in [9.17, 15) is 13.2 Å². The summed E-state index contributed by atoms with van der Waals surface area (Å²) in [4.78, 5) is 7.26. The summed E-state index contributed by atoms with van der Waals surface area (Å²) in [5.74, 6) is 1.22. The van der Waals surface area contributed by atoms with Gasteiger partial charge in [0.1, 0.15) is 5.82 Å². The Morgan fingerprint density at radius 3 is 2.30 bits per heavy atom. The van der Waals surface area contributed by atoms with E-state index in [4.69, 9.17) is 0 Å². The van der Waals surface area contributed by atoms with Gasteiger partial charge in [-0.2, -0.15) is 13.2 Å². The lowest BCUT2D eigenvalue weighted by atomic mass is 9.35. The molecule has 0 spiro atoms. The third-order valence-electron chi connectivity index (χ3n) is 5.05. The maximum absolute atomic E-state index is 12.4. The van der Waals surface area contributed by atoms with Gasteiger partial charge in [0, 0.05) is 5.54 Å². The monoisotopic (exact) mass is 284 g/mol. The van der Waals surface area contributed by atoms with E-state index in [-0.39, 0.29) is 5.54 Å². The second kappa shape index (κ2) is 3.63.